The molecule has 0 bridgehead atoms. The van der Waals surface area contributed by atoms with E-state index in [-0.39, 0.29) is 19.1 Å². The molecule has 7 heteroatoms. The largest absolute Gasteiger partial charge is 0.480 e. The number of hydrogen-bond acceptors (Lipinski definition) is 5. The molecule has 2 N–H and O–H groups in total. The number of nitrogens with zero attached hydrogens (tertiary/aromatic N) is 1. The van der Waals surface area contributed by atoms with Crippen LogP contribution >= 0.6 is 0 Å². The molecule has 0 aliphatic heterocycles. The minimum Gasteiger partial charge on any atom is -0.480 e. The number of carboxylic acids is 1. The van der Waals surface area contributed by atoms with Gasteiger partial charge in [-0.3, -0.25) is 4.79 Å². The SMILES string of the molecule is COCCC(NC(=O)c1ccc(OC2CCCC2)nc1)C(=O)O. The van der Waals surface area contributed by atoms with Crippen LogP contribution in [0.4, 0.5) is 0 Å². The van der Waals surface area contributed by atoms with Crippen molar-refractivity contribution in [3.8, 4) is 5.88 Å². The van der Waals surface area contributed by atoms with Crippen molar-refractivity contribution in [3.63, 3.8) is 0 Å². The molecule has 1 atom stereocenters. The van der Waals surface area contributed by atoms with E-state index in [0.717, 1.165) is 12.8 Å². The van der Waals surface area contributed by atoms with Crippen molar-refractivity contribution in [1.29, 1.82) is 0 Å². The Bertz CT molecular complexity index is 526. The molecule has 126 valence electrons. The molecule has 0 spiro atoms. The predicted molar refractivity (Wildman–Crippen MR) is 82.5 cm³/mol. The average Bonchev–Trinajstić information content (AvgIpc) is 3.04. The molecule has 1 aliphatic rings. The molecule has 23 heavy (non-hydrogen) atoms. The van der Waals surface area contributed by atoms with Gasteiger partial charge in [-0.15, -0.1) is 0 Å². The molecule has 1 aliphatic carbocycles. The van der Waals surface area contributed by atoms with Gasteiger partial charge in [0.2, 0.25) is 5.88 Å². The molecule has 7 nitrogen and oxygen atoms in total. The number of ether oxygens (including phenoxy) is 2. The van der Waals surface area contributed by atoms with Gasteiger partial charge in [-0.2, -0.15) is 0 Å². The molecule has 1 heterocycles. The number of aliphatic carboxylic acids is 1. The first-order valence-corrected chi connectivity index (χ1v) is 7.75. The van der Waals surface area contributed by atoms with Gasteiger partial charge in [0.25, 0.3) is 5.91 Å². The summed E-state index contributed by atoms with van der Waals surface area (Å²) in [7, 11) is 1.48. The summed E-state index contributed by atoms with van der Waals surface area (Å²) in [6, 6.07) is 2.23. The van der Waals surface area contributed by atoms with Crippen LogP contribution in [-0.4, -0.2) is 47.8 Å². The van der Waals surface area contributed by atoms with Crippen molar-refractivity contribution < 1.29 is 24.2 Å². The zero-order valence-corrected chi connectivity index (χ0v) is 13.2. The number of carbonyl (C=O) groups excluding carboxylic acids is 1. The van der Waals surface area contributed by atoms with Crippen LogP contribution in [0.25, 0.3) is 0 Å². The molecule has 1 fully saturated rings. The van der Waals surface area contributed by atoms with E-state index in [1.165, 1.54) is 26.1 Å². The predicted octanol–water partition coefficient (Wildman–Crippen LogP) is 1.62. The fourth-order valence-corrected chi connectivity index (χ4v) is 2.50. The fourth-order valence-electron chi connectivity index (χ4n) is 2.50. The van der Waals surface area contributed by atoms with E-state index < -0.39 is 17.9 Å². The Balaban J connectivity index is 1.91. The van der Waals surface area contributed by atoms with Gasteiger partial charge in [-0.1, -0.05) is 0 Å². The lowest BCUT2D eigenvalue weighted by Crippen LogP contribution is -2.41. The summed E-state index contributed by atoms with van der Waals surface area (Å²) in [4.78, 5) is 27.3. The van der Waals surface area contributed by atoms with Crippen molar-refractivity contribution in [2.24, 2.45) is 0 Å². The number of carbonyl (C=O) groups is 2. The Labute approximate surface area is 135 Å². The van der Waals surface area contributed by atoms with Crippen LogP contribution in [0.1, 0.15) is 42.5 Å². The van der Waals surface area contributed by atoms with Gasteiger partial charge in [0.05, 0.1) is 5.56 Å². The van der Waals surface area contributed by atoms with Gasteiger partial charge >= 0.3 is 5.97 Å². The Morgan fingerprint density at radius 1 is 1.39 bits per heavy atom. The average molecular weight is 322 g/mol. The molecular weight excluding hydrogens is 300 g/mol. The van der Waals surface area contributed by atoms with Crippen LogP contribution in [0.3, 0.4) is 0 Å². The summed E-state index contributed by atoms with van der Waals surface area (Å²) < 4.78 is 10.6. The van der Waals surface area contributed by atoms with E-state index in [2.05, 4.69) is 10.3 Å². The first kappa shape index (κ1) is 17.2. The molecule has 1 aromatic rings. The van der Waals surface area contributed by atoms with Crippen molar-refractivity contribution in [2.75, 3.05) is 13.7 Å². The van der Waals surface area contributed by atoms with Gasteiger partial charge in [0, 0.05) is 32.4 Å². The van der Waals surface area contributed by atoms with E-state index in [9.17, 15) is 9.59 Å². The highest BCUT2D eigenvalue weighted by atomic mass is 16.5. The van der Waals surface area contributed by atoms with Gasteiger partial charge in [-0.05, 0) is 31.7 Å². The highest BCUT2D eigenvalue weighted by Crippen LogP contribution is 2.22. The quantitative estimate of drug-likeness (QED) is 0.755. The highest BCUT2D eigenvalue weighted by molar-refractivity contribution is 5.96. The maximum atomic E-state index is 12.1. The molecule has 1 unspecified atom stereocenters. The second kappa shape index (κ2) is 8.47. The summed E-state index contributed by atoms with van der Waals surface area (Å²) in [5.41, 5.74) is 0.299. The minimum atomic E-state index is -1.09. The molecule has 0 radical (unpaired) electrons. The van der Waals surface area contributed by atoms with Crippen LogP contribution < -0.4 is 10.1 Å². The molecular formula is C16H22N2O5. The third-order valence-corrected chi connectivity index (χ3v) is 3.80. The topological polar surface area (TPSA) is 97.8 Å². The zero-order chi connectivity index (χ0) is 16.7. The number of nitrogens with one attached hydrogen (secondary N) is 1. The van der Waals surface area contributed by atoms with Gasteiger partial charge in [0.1, 0.15) is 12.1 Å². The summed E-state index contributed by atoms with van der Waals surface area (Å²) in [5, 5.41) is 11.6. The van der Waals surface area contributed by atoms with Crippen LogP contribution in [-0.2, 0) is 9.53 Å². The standard InChI is InChI=1S/C16H22N2O5/c1-22-9-8-13(16(20)21)18-15(19)11-6-7-14(17-10-11)23-12-4-2-3-5-12/h6-7,10,12-13H,2-5,8-9H2,1H3,(H,18,19)(H,20,21). The fraction of sp³-hybridized carbons (Fsp3) is 0.562. The van der Waals surface area contributed by atoms with Gasteiger partial charge in [0.15, 0.2) is 0 Å². The lowest BCUT2D eigenvalue weighted by Gasteiger charge is -2.14. The van der Waals surface area contributed by atoms with Crippen molar-refractivity contribution in [2.45, 2.75) is 44.2 Å². The van der Waals surface area contributed by atoms with E-state index in [1.807, 2.05) is 0 Å². The van der Waals surface area contributed by atoms with Crippen molar-refractivity contribution in [1.82, 2.24) is 10.3 Å². The van der Waals surface area contributed by atoms with Gasteiger partial charge in [-0.25, -0.2) is 9.78 Å². The normalized spacial score (nSPS) is 16.0. The van der Waals surface area contributed by atoms with E-state index in [1.54, 1.807) is 12.1 Å². The van der Waals surface area contributed by atoms with E-state index in [0.29, 0.717) is 11.4 Å². The molecule has 0 aromatic carbocycles. The third kappa shape index (κ3) is 5.21. The lowest BCUT2D eigenvalue weighted by atomic mass is 10.2. The second-order valence-electron chi connectivity index (χ2n) is 5.56. The number of methoxy groups -OCH3 is 1. The minimum absolute atomic E-state index is 0.201. The van der Waals surface area contributed by atoms with Crippen LogP contribution in [0.5, 0.6) is 5.88 Å². The third-order valence-electron chi connectivity index (χ3n) is 3.80. The van der Waals surface area contributed by atoms with Crippen LogP contribution in [0, 0.1) is 0 Å². The summed E-state index contributed by atoms with van der Waals surface area (Å²) in [5.74, 6) is -1.08. The summed E-state index contributed by atoms with van der Waals surface area (Å²) in [6.07, 6.45) is 6.20. The zero-order valence-electron chi connectivity index (χ0n) is 13.2. The number of pyridine rings is 1. The van der Waals surface area contributed by atoms with E-state index >= 15 is 0 Å². The number of rotatable bonds is 8. The Morgan fingerprint density at radius 2 is 2.13 bits per heavy atom. The smallest absolute Gasteiger partial charge is 0.326 e. The first-order chi connectivity index (χ1) is 11.1. The number of hydrogen-bond donors (Lipinski definition) is 2. The first-order valence-electron chi connectivity index (χ1n) is 7.75. The maximum Gasteiger partial charge on any atom is 0.326 e. The summed E-state index contributed by atoms with van der Waals surface area (Å²) >= 11 is 0. The van der Waals surface area contributed by atoms with Crippen molar-refractivity contribution in [3.05, 3.63) is 23.9 Å². The molecule has 2 rings (SSSR count). The Morgan fingerprint density at radius 3 is 2.70 bits per heavy atom. The monoisotopic (exact) mass is 322 g/mol. The maximum absolute atomic E-state index is 12.1. The highest BCUT2D eigenvalue weighted by Gasteiger charge is 2.21. The van der Waals surface area contributed by atoms with Crippen molar-refractivity contribution >= 4 is 11.9 Å². The summed E-state index contributed by atoms with van der Waals surface area (Å²) in [6.45, 7) is 0.254. The van der Waals surface area contributed by atoms with Crippen LogP contribution in [0.2, 0.25) is 0 Å². The Hall–Kier alpha value is -2.15. The van der Waals surface area contributed by atoms with Gasteiger partial charge < -0.3 is 19.9 Å². The number of aromatic nitrogens is 1. The molecule has 1 aromatic heterocycles. The number of amides is 1. The lowest BCUT2D eigenvalue weighted by molar-refractivity contribution is -0.139. The molecule has 1 amide bonds. The second-order valence-corrected chi connectivity index (χ2v) is 5.56. The number of carboxylic acid groups (broad SMARTS) is 1. The van der Waals surface area contributed by atoms with Crippen LogP contribution in [0.15, 0.2) is 18.3 Å². The molecule has 0 saturated heterocycles. The molecule has 1 saturated carbocycles. The van der Waals surface area contributed by atoms with E-state index in [4.69, 9.17) is 14.6 Å². The Kier molecular flexibility index (Phi) is 6.34.